The Morgan fingerprint density at radius 1 is 1.44 bits per heavy atom. The monoisotopic (exact) mass is 231 g/mol. The van der Waals surface area contributed by atoms with Crippen molar-refractivity contribution in [1.82, 2.24) is 5.32 Å². The number of carbonyl (C=O) groups excluding carboxylic acids is 1. The van der Waals surface area contributed by atoms with Crippen molar-refractivity contribution in [3.8, 4) is 0 Å². The number of carboxylic acid groups (broad SMARTS) is 1. The van der Waals surface area contributed by atoms with Crippen molar-refractivity contribution in [3.05, 3.63) is 0 Å². The highest BCUT2D eigenvalue weighted by Crippen LogP contribution is 2.11. The molecule has 6 nitrogen and oxygen atoms in total. The van der Waals surface area contributed by atoms with Crippen LogP contribution in [0, 0.1) is 5.92 Å². The van der Waals surface area contributed by atoms with E-state index in [1.165, 1.54) is 0 Å². The van der Waals surface area contributed by atoms with Crippen molar-refractivity contribution < 1.29 is 24.2 Å². The highest BCUT2D eigenvalue weighted by atomic mass is 16.5. The molecule has 1 amide bonds. The van der Waals surface area contributed by atoms with E-state index in [1.807, 2.05) is 0 Å². The predicted octanol–water partition coefficient (Wildman–Crippen LogP) is -0.370. The van der Waals surface area contributed by atoms with Crippen molar-refractivity contribution in [3.63, 3.8) is 0 Å². The van der Waals surface area contributed by atoms with Crippen LogP contribution in [0.1, 0.15) is 12.8 Å². The van der Waals surface area contributed by atoms with Gasteiger partial charge in [0.15, 0.2) is 0 Å². The molecule has 1 heterocycles. The molecule has 0 aromatic carbocycles. The third kappa shape index (κ3) is 5.67. The van der Waals surface area contributed by atoms with Crippen molar-refractivity contribution in [1.29, 1.82) is 0 Å². The highest BCUT2D eigenvalue weighted by Gasteiger charge is 2.14. The summed E-state index contributed by atoms with van der Waals surface area (Å²) in [6.45, 7) is 1.39. The summed E-state index contributed by atoms with van der Waals surface area (Å²) < 4.78 is 9.92. The zero-order chi connectivity index (χ0) is 11.8. The number of amides is 1. The van der Waals surface area contributed by atoms with Crippen LogP contribution < -0.4 is 5.32 Å². The minimum absolute atomic E-state index is 0.208. The van der Waals surface area contributed by atoms with E-state index in [-0.39, 0.29) is 12.5 Å². The van der Waals surface area contributed by atoms with Crippen LogP contribution in [0.4, 0.5) is 0 Å². The van der Waals surface area contributed by atoms with Gasteiger partial charge in [-0.25, -0.2) is 4.79 Å². The minimum atomic E-state index is -1.08. The fourth-order valence-electron chi connectivity index (χ4n) is 1.51. The van der Waals surface area contributed by atoms with E-state index in [2.05, 4.69) is 10.1 Å². The fourth-order valence-corrected chi connectivity index (χ4v) is 1.51. The molecule has 0 aliphatic carbocycles. The lowest BCUT2D eigenvalue weighted by Gasteiger charge is -2.22. The van der Waals surface area contributed by atoms with E-state index >= 15 is 0 Å². The van der Waals surface area contributed by atoms with E-state index in [0.717, 1.165) is 19.4 Å². The van der Waals surface area contributed by atoms with Gasteiger partial charge >= 0.3 is 5.97 Å². The molecule has 2 N–H and O–H groups in total. The molecule has 1 saturated heterocycles. The van der Waals surface area contributed by atoms with E-state index in [1.54, 1.807) is 0 Å². The predicted molar refractivity (Wildman–Crippen MR) is 55.0 cm³/mol. The molecule has 16 heavy (non-hydrogen) atoms. The van der Waals surface area contributed by atoms with Gasteiger partial charge in [0.25, 0.3) is 0 Å². The molecule has 0 radical (unpaired) electrons. The molecule has 0 saturated carbocycles. The van der Waals surface area contributed by atoms with Gasteiger partial charge in [0.1, 0.15) is 13.2 Å². The van der Waals surface area contributed by atoms with Crippen LogP contribution in [-0.4, -0.2) is 50.0 Å². The first kappa shape index (κ1) is 12.9. The first-order valence-corrected chi connectivity index (χ1v) is 5.32. The molecule has 0 spiro atoms. The highest BCUT2D eigenvalue weighted by molar-refractivity contribution is 5.77. The van der Waals surface area contributed by atoms with Gasteiger partial charge < -0.3 is 19.9 Å². The Kier molecular flexibility index (Phi) is 5.81. The first-order chi connectivity index (χ1) is 7.68. The van der Waals surface area contributed by atoms with E-state index in [0.29, 0.717) is 19.1 Å². The summed E-state index contributed by atoms with van der Waals surface area (Å²) in [5, 5.41) is 11.0. The lowest BCUT2D eigenvalue weighted by atomic mass is 10.0. The lowest BCUT2D eigenvalue weighted by molar-refractivity contribution is -0.143. The van der Waals surface area contributed by atoms with Crippen LogP contribution in [-0.2, 0) is 19.1 Å². The van der Waals surface area contributed by atoms with Gasteiger partial charge in [-0.15, -0.1) is 0 Å². The first-order valence-electron chi connectivity index (χ1n) is 5.32. The Balaban J connectivity index is 2.02. The summed E-state index contributed by atoms with van der Waals surface area (Å²) in [7, 11) is 0. The number of nitrogens with one attached hydrogen (secondary N) is 1. The number of carboxylic acids is 1. The third-order valence-electron chi connectivity index (χ3n) is 2.30. The number of hydrogen-bond donors (Lipinski definition) is 2. The van der Waals surface area contributed by atoms with Crippen LogP contribution in [0.5, 0.6) is 0 Å². The third-order valence-corrected chi connectivity index (χ3v) is 2.30. The molecular formula is C10H17NO5. The van der Waals surface area contributed by atoms with Gasteiger partial charge in [-0.05, 0) is 18.8 Å². The maximum Gasteiger partial charge on any atom is 0.329 e. The summed E-state index contributed by atoms with van der Waals surface area (Å²) in [6.07, 6.45) is 2.08. The largest absolute Gasteiger partial charge is 0.480 e. The number of aliphatic carboxylic acids is 1. The van der Waals surface area contributed by atoms with Crippen molar-refractivity contribution in [2.75, 3.05) is 33.0 Å². The fraction of sp³-hybridized carbons (Fsp3) is 0.800. The second-order valence-corrected chi connectivity index (χ2v) is 3.77. The average Bonchev–Trinajstić information content (AvgIpc) is 2.27. The summed E-state index contributed by atoms with van der Waals surface area (Å²) in [5.74, 6) is -1.00. The van der Waals surface area contributed by atoms with E-state index < -0.39 is 12.6 Å². The van der Waals surface area contributed by atoms with Gasteiger partial charge in [-0.2, -0.15) is 0 Å². The van der Waals surface area contributed by atoms with Gasteiger partial charge in [0.05, 0.1) is 6.61 Å². The summed E-state index contributed by atoms with van der Waals surface area (Å²) in [4.78, 5) is 21.3. The lowest BCUT2D eigenvalue weighted by Crippen LogP contribution is -2.35. The Labute approximate surface area is 93.9 Å². The summed E-state index contributed by atoms with van der Waals surface area (Å²) >= 11 is 0. The zero-order valence-electron chi connectivity index (χ0n) is 9.11. The van der Waals surface area contributed by atoms with Gasteiger partial charge in [0.2, 0.25) is 5.91 Å². The number of ether oxygens (including phenoxy) is 2. The SMILES string of the molecule is O=C(O)COCC(=O)NCC1CCCOC1. The smallest absolute Gasteiger partial charge is 0.329 e. The second kappa shape index (κ2) is 7.19. The maximum atomic E-state index is 11.2. The van der Waals surface area contributed by atoms with Crippen LogP contribution in [0.25, 0.3) is 0 Å². The Hall–Kier alpha value is -1.14. The van der Waals surface area contributed by atoms with Crippen LogP contribution in [0.2, 0.25) is 0 Å². The van der Waals surface area contributed by atoms with Crippen molar-refractivity contribution in [2.24, 2.45) is 5.92 Å². The number of rotatable bonds is 6. The molecule has 1 aliphatic heterocycles. The Bertz CT molecular complexity index is 237. The zero-order valence-corrected chi connectivity index (χ0v) is 9.11. The van der Waals surface area contributed by atoms with Crippen LogP contribution in [0.3, 0.4) is 0 Å². The van der Waals surface area contributed by atoms with Gasteiger partial charge in [0, 0.05) is 13.2 Å². The Morgan fingerprint density at radius 2 is 2.25 bits per heavy atom. The molecule has 1 rings (SSSR count). The molecule has 0 bridgehead atoms. The molecule has 1 unspecified atom stereocenters. The van der Waals surface area contributed by atoms with Crippen molar-refractivity contribution >= 4 is 11.9 Å². The number of carbonyl (C=O) groups is 2. The molecule has 0 aromatic rings. The molecule has 1 atom stereocenters. The molecular weight excluding hydrogens is 214 g/mol. The average molecular weight is 231 g/mol. The second-order valence-electron chi connectivity index (χ2n) is 3.77. The van der Waals surface area contributed by atoms with Gasteiger partial charge in [-0.3, -0.25) is 4.79 Å². The standard InChI is InChI=1S/C10H17NO5/c12-9(6-16-7-10(13)14)11-4-8-2-1-3-15-5-8/h8H,1-7H2,(H,11,12)(H,13,14). The van der Waals surface area contributed by atoms with Crippen molar-refractivity contribution in [2.45, 2.75) is 12.8 Å². The van der Waals surface area contributed by atoms with E-state index in [9.17, 15) is 9.59 Å². The molecule has 6 heteroatoms. The normalized spacial score (nSPS) is 20.4. The molecule has 92 valence electrons. The van der Waals surface area contributed by atoms with Crippen LogP contribution >= 0.6 is 0 Å². The molecule has 1 aliphatic rings. The Morgan fingerprint density at radius 3 is 2.88 bits per heavy atom. The topological polar surface area (TPSA) is 84.9 Å². The minimum Gasteiger partial charge on any atom is -0.480 e. The summed E-state index contributed by atoms with van der Waals surface area (Å²) in [5.41, 5.74) is 0. The molecule has 0 aromatic heterocycles. The van der Waals surface area contributed by atoms with Crippen LogP contribution in [0.15, 0.2) is 0 Å². The summed E-state index contributed by atoms with van der Waals surface area (Å²) in [6, 6.07) is 0. The van der Waals surface area contributed by atoms with E-state index in [4.69, 9.17) is 9.84 Å². The quantitative estimate of drug-likeness (QED) is 0.651. The maximum absolute atomic E-state index is 11.2. The number of hydrogen-bond acceptors (Lipinski definition) is 4. The molecule has 1 fully saturated rings. The van der Waals surface area contributed by atoms with Gasteiger partial charge in [-0.1, -0.05) is 0 Å².